The first-order valence-electron chi connectivity index (χ1n) is 17.5. The van der Waals surface area contributed by atoms with E-state index in [1.54, 1.807) is 29.4 Å². The number of ether oxygens (including phenoxy) is 2. The molecule has 2 aromatic heterocycles. The maximum atomic E-state index is 15.2. The molecule has 3 aromatic carbocycles. The molecule has 10 nitrogen and oxygen atoms in total. The van der Waals surface area contributed by atoms with E-state index in [0.29, 0.717) is 52.7 Å². The Balaban J connectivity index is 1.00. The predicted molar refractivity (Wildman–Crippen MR) is 192 cm³/mol. The Morgan fingerprint density at radius 1 is 0.961 bits per heavy atom. The Morgan fingerprint density at radius 2 is 1.78 bits per heavy atom. The summed E-state index contributed by atoms with van der Waals surface area (Å²) in [5.74, 6) is 0.835. The highest BCUT2D eigenvalue weighted by Crippen LogP contribution is 2.70. The third-order valence-corrected chi connectivity index (χ3v) is 10.3. The van der Waals surface area contributed by atoms with Gasteiger partial charge in [-0.3, -0.25) is 4.79 Å². The quantitative estimate of drug-likeness (QED) is 0.160. The first-order chi connectivity index (χ1) is 24.8. The molecule has 2 saturated carbocycles. The fourth-order valence-electron chi connectivity index (χ4n) is 7.31. The van der Waals surface area contributed by atoms with Crippen LogP contribution in [0, 0.1) is 30.0 Å². The second kappa shape index (κ2) is 13.3. The minimum absolute atomic E-state index is 0.0430. The summed E-state index contributed by atoms with van der Waals surface area (Å²) in [6.45, 7) is 5.31. The molecule has 1 spiro atoms. The maximum Gasteiger partial charge on any atom is 0.410 e. The zero-order valence-electron chi connectivity index (χ0n) is 28.6. The van der Waals surface area contributed by atoms with Crippen LogP contribution >= 0.6 is 0 Å². The Labute approximate surface area is 295 Å². The number of hydrogen-bond acceptors (Lipinski definition) is 8. The highest BCUT2D eigenvalue weighted by molar-refractivity contribution is 6.06. The standard InChI is InChI=1S/C40H39FN6O4/c1-24-19-27(22-47(21-24)39(49)50-23-26-7-4-3-5-8-26)44-38-43-18-14-33(45-38)30-9-6-17-42-37(30)51-35-25(2)10-11-28-29(35)12-13-32(41)34(28)46-36(48)31-20-40(31)15-16-40/h3-14,17-18,24,27,31H,15-16,19-23H2,1-2H3,(H,46,48)(H,43,44,45)/t24-,27+,31+/m1/s1. The lowest BCUT2D eigenvalue weighted by Gasteiger charge is -2.36. The van der Waals surface area contributed by atoms with Gasteiger partial charge in [-0.1, -0.05) is 49.4 Å². The fourth-order valence-corrected chi connectivity index (χ4v) is 7.31. The number of amides is 2. The molecule has 2 aliphatic carbocycles. The highest BCUT2D eigenvalue weighted by atomic mass is 19.1. The molecule has 1 aliphatic heterocycles. The summed E-state index contributed by atoms with van der Waals surface area (Å²) >= 11 is 0. The highest BCUT2D eigenvalue weighted by Gasteiger charge is 2.65. The van der Waals surface area contributed by atoms with Crippen LogP contribution in [0.5, 0.6) is 11.6 Å². The molecule has 260 valence electrons. The number of nitrogens with one attached hydrogen (secondary N) is 2. The number of rotatable bonds is 9. The molecule has 11 heteroatoms. The molecule has 3 aliphatic rings. The topological polar surface area (TPSA) is 119 Å². The average Bonchev–Trinajstić information content (AvgIpc) is 4.07. The first kappa shape index (κ1) is 32.6. The Hall–Kier alpha value is -5.58. The van der Waals surface area contributed by atoms with Crippen LogP contribution in [0.1, 0.15) is 43.7 Å². The van der Waals surface area contributed by atoms with Gasteiger partial charge in [-0.25, -0.2) is 24.1 Å². The predicted octanol–water partition coefficient (Wildman–Crippen LogP) is 8.13. The summed E-state index contributed by atoms with van der Waals surface area (Å²) in [4.78, 5) is 41.6. The van der Waals surface area contributed by atoms with Gasteiger partial charge in [0.25, 0.3) is 0 Å². The van der Waals surface area contributed by atoms with Crippen molar-refractivity contribution in [2.24, 2.45) is 17.3 Å². The molecular formula is C40H39FN6O4. The number of pyridine rings is 1. The van der Waals surface area contributed by atoms with Crippen LogP contribution < -0.4 is 15.4 Å². The average molecular weight is 687 g/mol. The number of fused-ring (bicyclic) bond motifs is 1. The van der Waals surface area contributed by atoms with E-state index in [2.05, 4.69) is 27.5 Å². The van der Waals surface area contributed by atoms with E-state index >= 15 is 4.39 Å². The third kappa shape index (κ3) is 6.80. The molecule has 51 heavy (non-hydrogen) atoms. The van der Waals surface area contributed by atoms with E-state index in [1.165, 1.54) is 6.07 Å². The second-order valence-corrected chi connectivity index (χ2v) is 14.2. The second-order valence-electron chi connectivity index (χ2n) is 14.2. The van der Waals surface area contributed by atoms with Crippen LogP contribution in [0.15, 0.2) is 85.2 Å². The van der Waals surface area contributed by atoms with Crippen molar-refractivity contribution in [3.8, 4) is 22.9 Å². The van der Waals surface area contributed by atoms with Crippen molar-refractivity contribution in [3.63, 3.8) is 0 Å². The number of halogens is 1. The van der Waals surface area contributed by atoms with Crippen molar-refractivity contribution in [2.45, 2.75) is 52.2 Å². The molecule has 3 fully saturated rings. The zero-order valence-corrected chi connectivity index (χ0v) is 28.6. The van der Waals surface area contributed by atoms with Gasteiger partial charge in [-0.2, -0.15) is 0 Å². The van der Waals surface area contributed by atoms with Crippen molar-refractivity contribution in [3.05, 3.63) is 102 Å². The molecule has 0 radical (unpaired) electrons. The van der Waals surface area contributed by atoms with Gasteiger partial charge in [0.15, 0.2) is 0 Å². The lowest BCUT2D eigenvalue weighted by atomic mass is 9.96. The summed E-state index contributed by atoms with van der Waals surface area (Å²) in [7, 11) is 0. The number of anilines is 2. The van der Waals surface area contributed by atoms with Crippen LogP contribution in [-0.4, -0.2) is 51.0 Å². The smallest absolute Gasteiger partial charge is 0.410 e. The molecule has 2 amide bonds. The minimum atomic E-state index is -0.491. The number of piperidine rings is 1. The number of aryl methyl sites for hydroxylation is 1. The van der Waals surface area contributed by atoms with Gasteiger partial charge in [-0.05, 0) is 85.4 Å². The third-order valence-electron chi connectivity index (χ3n) is 10.3. The normalized spacial score (nSPS) is 20.1. The van der Waals surface area contributed by atoms with Crippen molar-refractivity contribution < 1.29 is 23.5 Å². The largest absolute Gasteiger partial charge is 0.445 e. The summed E-state index contributed by atoms with van der Waals surface area (Å²) in [6.07, 6.45) is 6.82. The number of carbonyl (C=O) groups excluding carboxylic acids is 2. The Kier molecular flexibility index (Phi) is 8.49. The minimum Gasteiger partial charge on any atom is -0.445 e. The summed E-state index contributed by atoms with van der Waals surface area (Å²) in [5, 5.41) is 7.52. The lowest BCUT2D eigenvalue weighted by molar-refractivity contribution is -0.117. The fraction of sp³-hybridized carbons (Fsp3) is 0.325. The molecule has 3 atom stereocenters. The number of carbonyl (C=O) groups is 2. The van der Waals surface area contributed by atoms with Crippen molar-refractivity contribution in [2.75, 3.05) is 23.7 Å². The van der Waals surface area contributed by atoms with E-state index in [0.717, 1.165) is 36.8 Å². The summed E-state index contributed by atoms with van der Waals surface area (Å²) in [6, 6.07) is 21.7. The van der Waals surface area contributed by atoms with E-state index in [-0.39, 0.29) is 47.6 Å². The first-order valence-corrected chi connectivity index (χ1v) is 17.5. The summed E-state index contributed by atoms with van der Waals surface area (Å²) in [5.41, 5.74) is 3.32. The van der Waals surface area contributed by atoms with Crippen LogP contribution in [0.3, 0.4) is 0 Å². The number of hydrogen-bond donors (Lipinski definition) is 2. The SMILES string of the molecule is Cc1ccc2c(NC(=O)[C@@H]3CC34CC4)c(F)ccc2c1Oc1ncccc1-c1ccnc(N[C@H]2C[C@@H](C)CN(C(=O)OCc3ccccc3)C2)n1. The van der Waals surface area contributed by atoms with Gasteiger partial charge >= 0.3 is 6.09 Å². The maximum absolute atomic E-state index is 15.2. The van der Waals surface area contributed by atoms with Crippen molar-refractivity contribution in [1.29, 1.82) is 0 Å². The zero-order chi connectivity index (χ0) is 35.1. The molecule has 1 saturated heterocycles. The molecule has 0 bridgehead atoms. The van der Waals surface area contributed by atoms with Crippen molar-refractivity contribution in [1.82, 2.24) is 19.9 Å². The number of nitrogens with zero attached hydrogens (tertiary/aromatic N) is 4. The van der Waals surface area contributed by atoms with Crippen LogP contribution in [0.2, 0.25) is 0 Å². The van der Waals surface area contributed by atoms with E-state index < -0.39 is 5.82 Å². The van der Waals surface area contributed by atoms with Gasteiger partial charge in [0.2, 0.25) is 17.7 Å². The Bertz CT molecular complexity index is 2120. The molecule has 3 heterocycles. The van der Waals surface area contributed by atoms with Crippen LogP contribution in [0.25, 0.3) is 22.0 Å². The molecule has 8 rings (SSSR count). The van der Waals surface area contributed by atoms with E-state index in [4.69, 9.17) is 14.5 Å². The van der Waals surface area contributed by atoms with E-state index in [1.807, 2.05) is 61.5 Å². The monoisotopic (exact) mass is 686 g/mol. The molecule has 5 aromatic rings. The van der Waals surface area contributed by atoms with E-state index in [9.17, 15) is 9.59 Å². The van der Waals surface area contributed by atoms with Crippen molar-refractivity contribution >= 4 is 34.4 Å². The van der Waals surface area contributed by atoms with Gasteiger partial charge in [0.05, 0.1) is 16.9 Å². The van der Waals surface area contributed by atoms with Crippen LogP contribution in [0.4, 0.5) is 20.8 Å². The van der Waals surface area contributed by atoms with Gasteiger partial charge in [0.1, 0.15) is 18.2 Å². The number of aromatic nitrogens is 3. The molecule has 0 unspecified atom stereocenters. The van der Waals surface area contributed by atoms with Gasteiger partial charge in [-0.15, -0.1) is 0 Å². The van der Waals surface area contributed by atoms with Gasteiger partial charge in [0, 0.05) is 48.2 Å². The summed E-state index contributed by atoms with van der Waals surface area (Å²) < 4.78 is 27.3. The lowest BCUT2D eigenvalue weighted by Crippen LogP contribution is -2.48. The number of likely N-dealkylation sites (tertiary alicyclic amines) is 1. The number of benzene rings is 3. The molecule has 2 N–H and O–H groups in total. The van der Waals surface area contributed by atoms with Gasteiger partial charge < -0.3 is 25.0 Å². The molecular weight excluding hydrogens is 647 g/mol. The van der Waals surface area contributed by atoms with Crippen LogP contribution in [-0.2, 0) is 16.1 Å². The Morgan fingerprint density at radius 3 is 2.59 bits per heavy atom.